The van der Waals surface area contributed by atoms with Crippen LogP contribution in [0.3, 0.4) is 0 Å². The highest BCUT2D eigenvalue weighted by molar-refractivity contribution is 7.52. The van der Waals surface area contributed by atoms with Gasteiger partial charge in [-0.25, -0.2) is 0 Å². The molecule has 0 aliphatic rings. The molecule has 3 N–H and O–H groups in total. The molecule has 10 heavy (non-hydrogen) atoms. The minimum atomic E-state index is -4.25. The predicted molar refractivity (Wildman–Crippen MR) is 32.7 cm³/mol. The van der Waals surface area contributed by atoms with E-state index >= 15 is 0 Å². The number of hydrogen-bond donors (Lipinski definition) is 3. The Morgan fingerprint density at radius 3 is 2.30 bits per heavy atom. The fourth-order valence-corrected chi connectivity index (χ4v) is 1.38. The Balaban J connectivity index is 3.56. The molecule has 0 saturated heterocycles. The Morgan fingerprint density at radius 1 is 1.50 bits per heavy atom. The van der Waals surface area contributed by atoms with Crippen LogP contribution in [0.4, 0.5) is 0 Å². The maximum Gasteiger partial charge on any atom is 0.537 e. The molecule has 1 unspecified atom stereocenters. The Hall–Kier alpha value is 0.170. The van der Waals surface area contributed by atoms with Crippen LogP contribution in [0.1, 0.15) is 0 Å². The van der Waals surface area contributed by atoms with E-state index in [1.165, 1.54) is 0 Å². The zero-order valence-corrected chi connectivity index (χ0v) is 6.66. The molecule has 0 aliphatic heterocycles. The Kier molecular flexibility index (Phi) is 4.20. The zero-order chi connectivity index (χ0) is 8.20. The van der Waals surface area contributed by atoms with Gasteiger partial charge in [-0.2, -0.15) is 0 Å². The molecule has 0 bridgehead atoms. The number of aliphatic hydroxyl groups excluding tert-OH is 1. The molecule has 0 amide bonds. The predicted octanol–water partition coefficient (Wildman–Crippen LogP) is -0.170. The first-order valence-electron chi connectivity index (χ1n) is 2.19. The van der Waals surface area contributed by atoms with Crippen molar-refractivity contribution in [2.45, 2.75) is 0 Å². The number of rotatable bonds is 4. The summed E-state index contributed by atoms with van der Waals surface area (Å²) in [5, 5.41) is 8.07. The van der Waals surface area contributed by atoms with Gasteiger partial charge in [0.1, 0.15) is 0 Å². The minimum absolute atomic E-state index is 0.727. The molecule has 0 rings (SSSR count). The Bertz CT molecular complexity index is 159. The molecule has 0 aromatic heterocycles. The van der Waals surface area contributed by atoms with Gasteiger partial charge in [-0.05, 0) is 4.57 Å². The highest BCUT2D eigenvalue weighted by Gasteiger charge is 2.23. The molecule has 0 fully saturated rings. The van der Waals surface area contributed by atoms with Crippen LogP contribution in [0, 0.1) is 0 Å². The van der Waals surface area contributed by atoms with Crippen molar-refractivity contribution in [3.8, 4) is 0 Å². The molecular weight excluding hydrogens is 182 g/mol. The van der Waals surface area contributed by atoms with Crippen molar-refractivity contribution in [3.63, 3.8) is 0 Å². The second-order valence-electron chi connectivity index (χ2n) is 1.40. The summed E-state index contributed by atoms with van der Waals surface area (Å²) in [7, 11) is -6.58. The average Bonchev–Trinajstić information content (AvgIpc) is 1.81. The normalized spacial score (nSPS) is 13.3. The van der Waals surface area contributed by atoms with Gasteiger partial charge >= 0.3 is 15.6 Å². The fraction of sp³-hybridized carbons (Fsp3) is 1.00. The average molecular weight is 189 g/mol. The van der Waals surface area contributed by atoms with Crippen molar-refractivity contribution < 1.29 is 28.5 Å². The quantitative estimate of drug-likeness (QED) is 0.530. The van der Waals surface area contributed by atoms with Crippen LogP contribution in [0.2, 0.25) is 0 Å². The molecule has 0 aromatic rings. The van der Waals surface area contributed by atoms with Gasteiger partial charge in [0.05, 0.1) is 0 Å². The second kappa shape index (κ2) is 4.13. The van der Waals surface area contributed by atoms with Crippen LogP contribution in [-0.4, -0.2) is 27.6 Å². The molecule has 0 aliphatic carbocycles. The summed E-state index contributed by atoms with van der Waals surface area (Å²) in [5.74, 6) is 0. The lowest BCUT2D eigenvalue weighted by molar-refractivity contribution is 0.285. The molecular formula is C2H7O6P2+. The van der Waals surface area contributed by atoms with Crippen molar-refractivity contribution in [2.24, 2.45) is 0 Å². The molecule has 0 heterocycles. The van der Waals surface area contributed by atoms with Crippen LogP contribution in [0.5, 0.6) is 0 Å². The largest absolute Gasteiger partial charge is 0.537 e. The van der Waals surface area contributed by atoms with Crippen molar-refractivity contribution in [1.29, 1.82) is 0 Å². The van der Waals surface area contributed by atoms with Gasteiger partial charge in [0.2, 0.25) is 6.35 Å². The molecule has 8 heteroatoms. The summed E-state index contributed by atoms with van der Waals surface area (Å²) in [4.78, 5) is 16.3. The lowest BCUT2D eigenvalue weighted by atomic mass is 11.7. The summed E-state index contributed by atoms with van der Waals surface area (Å²) in [6, 6.07) is 0. The van der Waals surface area contributed by atoms with Crippen LogP contribution >= 0.6 is 15.6 Å². The van der Waals surface area contributed by atoms with Gasteiger partial charge in [0, 0.05) is 0 Å². The van der Waals surface area contributed by atoms with Gasteiger partial charge < -0.3 is 14.9 Å². The van der Waals surface area contributed by atoms with Gasteiger partial charge in [-0.1, -0.05) is 0 Å². The summed E-state index contributed by atoms with van der Waals surface area (Å²) in [5.41, 5.74) is 0. The molecule has 0 spiro atoms. The topological polar surface area (TPSA) is 104 Å². The molecule has 0 radical (unpaired) electrons. The molecule has 60 valence electrons. The highest BCUT2D eigenvalue weighted by Crippen LogP contribution is 2.38. The van der Waals surface area contributed by atoms with Crippen molar-refractivity contribution in [3.05, 3.63) is 0 Å². The zero-order valence-electron chi connectivity index (χ0n) is 4.88. The standard InChI is InChI=1S/C2H6O6P2/c3-1-9(4)8-2-10(5,6)7/h3H,1-2H2,(H-,5,6,7)/p+1. The summed E-state index contributed by atoms with van der Waals surface area (Å²) in [6.45, 7) is 0. The van der Waals surface area contributed by atoms with Crippen molar-refractivity contribution in [2.75, 3.05) is 12.7 Å². The van der Waals surface area contributed by atoms with E-state index in [0.29, 0.717) is 0 Å². The van der Waals surface area contributed by atoms with E-state index in [2.05, 4.69) is 4.52 Å². The molecule has 6 nitrogen and oxygen atoms in total. The maximum atomic E-state index is 10.2. The van der Waals surface area contributed by atoms with E-state index in [1.54, 1.807) is 0 Å². The SMILES string of the molecule is O=[P+](CO)OCP(=O)(O)O. The van der Waals surface area contributed by atoms with Crippen LogP contribution in [0.15, 0.2) is 0 Å². The van der Waals surface area contributed by atoms with Crippen LogP contribution in [-0.2, 0) is 13.7 Å². The first-order valence-corrected chi connectivity index (χ1v) is 5.35. The number of hydrogen-bond acceptors (Lipinski definition) is 4. The van der Waals surface area contributed by atoms with Crippen LogP contribution in [0.25, 0.3) is 0 Å². The Morgan fingerprint density at radius 2 is 2.00 bits per heavy atom. The van der Waals surface area contributed by atoms with E-state index in [-0.39, 0.29) is 0 Å². The van der Waals surface area contributed by atoms with E-state index in [9.17, 15) is 9.13 Å². The molecule has 0 saturated carbocycles. The fourth-order valence-electron chi connectivity index (χ4n) is 0.180. The van der Waals surface area contributed by atoms with Gasteiger partial charge in [-0.3, -0.25) is 4.57 Å². The summed E-state index contributed by atoms with van der Waals surface area (Å²) in [6.07, 6.45) is -1.64. The lowest BCUT2D eigenvalue weighted by Crippen LogP contribution is -1.89. The van der Waals surface area contributed by atoms with E-state index in [4.69, 9.17) is 14.9 Å². The van der Waals surface area contributed by atoms with Crippen LogP contribution < -0.4 is 0 Å². The first kappa shape index (κ1) is 10.2. The lowest BCUT2D eigenvalue weighted by Gasteiger charge is -1.94. The van der Waals surface area contributed by atoms with Gasteiger partial charge in [0.25, 0.3) is 6.35 Å². The van der Waals surface area contributed by atoms with E-state index in [1.807, 2.05) is 0 Å². The molecule has 1 atom stereocenters. The minimum Gasteiger partial charge on any atom is -0.351 e. The smallest absolute Gasteiger partial charge is 0.351 e. The van der Waals surface area contributed by atoms with Crippen molar-refractivity contribution in [1.82, 2.24) is 0 Å². The van der Waals surface area contributed by atoms with E-state index < -0.39 is 28.3 Å². The highest BCUT2D eigenvalue weighted by atomic mass is 31.2. The van der Waals surface area contributed by atoms with Gasteiger partial charge in [0.15, 0.2) is 0 Å². The summed E-state index contributed by atoms with van der Waals surface area (Å²) < 4.78 is 24.3. The number of aliphatic hydroxyl groups is 1. The monoisotopic (exact) mass is 189 g/mol. The molecule has 0 aromatic carbocycles. The first-order chi connectivity index (χ1) is 4.45. The second-order valence-corrected chi connectivity index (χ2v) is 4.19. The van der Waals surface area contributed by atoms with Crippen molar-refractivity contribution >= 4 is 15.6 Å². The van der Waals surface area contributed by atoms with E-state index in [0.717, 1.165) is 0 Å². The third-order valence-electron chi connectivity index (χ3n) is 0.485. The maximum absolute atomic E-state index is 10.2. The summed E-state index contributed by atoms with van der Waals surface area (Å²) >= 11 is 0. The third-order valence-corrected chi connectivity index (χ3v) is 1.80. The van der Waals surface area contributed by atoms with Gasteiger partial charge in [-0.15, -0.1) is 4.52 Å². The third kappa shape index (κ3) is 6.29. The Labute approximate surface area is 57.9 Å².